The Morgan fingerprint density at radius 3 is 1.00 bits per heavy atom. The van der Waals surface area contributed by atoms with Crippen molar-refractivity contribution in [2.24, 2.45) is 0 Å². The maximum absolute atomic E-state index is 11.5. The molecule has 0 rings (SSSR count). The van der Waals surface area contributed by atoms with E-state index in [-0.39, 0.29) is 0 Å². The highest BCUT2D eigenvalue weighted by Crippen LogP contribution is 2.15. The fourth-order valence-electron chi connectivity index (χ4n) is 0.291. The molecule has 92 valence electrons. The van der Waals surface area contributed by atoms with Crippen LogP contribution in [-0.2, 0) is 24.2 Å². The zero-order valence-corrected chi connectivity index (χ0v) is 11.4. The van der Waals surface area contributed by atoms with E-state index in [1.807, 2.05) is 0 Å². The molecule has 0 aromatic rings. The minimum Gasteiger partial charge on any atom is -0.200 e. The highest BCUT2D eigenvalue weighted by Gasteiger charge is 2.42. The molecule has 0 atom stereocenters. The molecule has 0 saturated heterocycles. The lowest BCUT2D eigenvalue weighted by molar-refractivity contribution is -0.752. The molecule has 0 fully saturated rings. The summed E-state index contributed by atoms with van der Waals surface area (Å²) < 4.78 is 48.9. The quantitative estimate of drug-likeness (QED) is 0.601. The second-order valence-corrected chi connectivity index (χ2v) is 9.15. The van der Waals surface area contributed by atoms with Gasteiger partial charge in [-0.25, -0.2) is 7.78 Å². The summed E-state index contributed by atoms with van der Waals surface area (Å²) in [6, 6.07) is 0. The summed E-state index contributed by atoms with van der Waals surface area (Å²) in [4.78, 5) is 0. The van der Waals surface area contributed by atoms with E-state index in [0.29, 0.717) is 0 Å². The molecular formula is C6H18N2O5S2+2. The van der Waals surface area contributed by atoms with Crippen molar-refractivity contribution < 1.29 is 28.2 Å². The fraction of sp³-hybridized carbons (Fsp3) is 1.00. The largest absolute Gasteiger partial charge is 0.453 e. The Morgan fingerprint density at radius 2 is 0.867 bits per heavy atom. The van der Waals surface area contributed by atoms with Crippen LogP contribution in [0.2, 0.25) is 0 Å². The van der Waals surface area contributed by atoms with Crippen LogP contribution in [0, 0.1) is 0 Å². The maximum atomic E-state index is 11.5. The van der Waals surface area contributed by atoms with Crippen LogP contribution in [0.5, 0.6) is 0 Å². The Morgan fingerprint density at radius 1 is 0.667 bits per heavy atom. The number of hydrogen-bond acceptors (Lipinski definition) is 5. The molecular weight excluding hydrogens is 244 g/mol. The van der Waals surface area contributed by atoms with Crippen molar-refractivity contribution in [1.29, 1.82) is 0 Å². The first-order valence-corrected chi connectivity index (χ1v) is 6.78. The summed E-state index contributed by atoms with van der Waals surface area (Å²) in [5.41, 5.74) is 0. The van der Waals surface area contributed by atoms with Crippen molar-refractivity contribution in [3.8, 4) is 0 Å². The van der Waals surface area contributed by atoms with Crippen LogP contribution in [-0.4, -0.2) is 66.9 Å². The predicted molar refractivity (Wildman–Crippen MR) is 55.0 cm³/mol. The zero-order valence-electron chi connectivity index (χ0n) is 9.75. The number of nitrogens with zero attached hydrogens (tertiary/aromatic N) is 2. The van der Waals surface area contributed by atoms with Crippen LogP contribution < -0.4 is 0 Å². The topological polar surface area (TPSA) is 77.5 Å². The third-order valence-corrected chi connectivity index (χ3v) is 5.57. The van der Waals surface area contributed by atoms with Crippen LogP contribution >= 0.6 is 0 Å². The molecule has 0 aromatic carbocycles. The Kier molecular flexibility index (Phi) is 3.61. The van der Waals surface area contributed by atoms with Crippen LogP contribution in [0.25, 0.3) is 0 Å². The lowest BCUT2D eigenvalue weighted by Crippen LogP contribution is -2.49. The van der Waals surface area contributed by atoms with E-state index in [1.165, 1.54) is 42.3 Å². The van der Waals surface area contributed by atoms with Crippen molar-refractivity contribution in [2.75, 3.05) is 42.3 Å². The van der Waals surface area contributed by atoms with Crippen molar-refractivity contribution in [2.45, 2.75) is 0 Å². The van der Waals surface area contributed by atoms with Crippen LogP contribution in [0.15, 0.2) is 0 Å². The van der Waals surface area contributed by atoms with Crippen molar-refractivity contribution in [1.82, 2.24) is 0 Å². The Hall–Kier alpha value is -0.220. The fourth-order valence-corrected chi connectivity index (χ4v) is 2.62. The predicted octanol–water partition coefficient (Wildman–Crippen LogP) is -1.09. The average molecular weight is 262 g/mol. The van der Waals surface area contributed by atoms with Crippen molar-refractivity contribution in [3.63, 3.8) is 0 Å². The van der Waals surface area contributed by atoms with E-state index in [4.69, 9.17) is 0 Å². The summed E-state index contributed by atoms with van der Waals surface area (Å²) in [5.74, 6) is 0. The Balaban J connectivity index is 5.28. The molecule has 0 bridgehead atoms. The lowest BCUT2D eigenvalue weighted by atomic mass is 11.0. The molecule has 7 nitrogen and oxygen atoms in total. The first-order chi connectivity index (χ1) is 6.21. The first-order valence-electron chi connectivity index (χ1n) is 4.05. The maximum Gasteiger partial charge on any atom is 0.453 e. The number of rotatable bonds is 4. The third-order valence-electron chi connectivity index (χ3n) is 1.51. The second kappa shape index (κ2) is 3.67. The highest BCUT2D eigenvalue weighted by atomic mass is 32.3. The molecule has 0 unspecified atom stereocenters. The van der Waals surface area contributed by atoms with Crippen molar-refractivity contribution in [3.05, 3.63) is 0 Å². The molecule has 0 saturated carbocycles. The SMILES string of the molecule is C[N+](C)(C)S(=O)(=O)OS(=O)(=O)[N+](C)(C)C. The zero-order chi connectivity index (χ0) is 12.7. The lowest BCUT2D eigenvalue weighted by Gasteiger charge is -2.25. The molecule has 0 N–H and O–H groups in total. The monoisotopic (exact) mass is 262 g/mol. The summed E-state index contributed by atoms with van der Waals surface area (Å²) in [6.07, 6.45) is 0. The van der Waals surface area contributed by atoms with Crippen LogP contribution in [0.3, 0.4) is 0 Å². The molecule has 0 aromatic heterocycles. The molecule has 0 spiro atoms. The number of hydrogen-bond donors (Lipinski definition) is 0. The van der Waals surface area contributed by atoms with Gasteiger partial charge in [-0.15, -0.1) is 16.8 Å². The van der Waals surface area contributed by atoms with Gasteiger partial charge in [0.15, 0.2) is 0 Å². The second-order valence-electron chi connectivity index (χ2n) is 4.70. The van der Waals surface area contributed by atoms with Gasteiger partial charge >= 0.3 is 20.6 Å². The normalized spacial score (nSPS) is 15.3. The summed E-state index contributed by atoms with van der Waals surface area (Å²) in [6.45, 7) is 0. The molecule has 9 heteroatoms. The minimum atomic E-state index is -4.20. The Bertz CT molecular complexity index is 381. The first kappa shape index (κ1) is 14.8. The van der Waals surface area contributed by atoms with Gasteiger partial charge in [-0.2, -0.15) is 0 Å². The van der Waals surface area contributed by atoms with Crippen LogP contribution in [0.1, 0.15) is 0 Å². The van der Waals surface area contributed by atoms with E-state index in [9.17, 15) is 16.8 Å². The van der Waals surface area contributed by atoms with Gasteiger partial charge < -0.3 is 0 Å². The van der Waals surface area contributed by atoms with Crippen molar-refractivity contribution >= 4 is 20.6 Å². The Labute approximate surface area is 91.6 Å². The van der Waals surface area contributed by atoms with E-state index >= 15 is 0 Å². The van der Waals surface area contributed by atoms with Crippen LogP contribution in [0.4, 0.5) is 0 Å². The molecule has 15 heavy (non-hydrogen) atoms. The van der Waals surface area contributed by atoms with Gasteiger partial charge in [0.25, 0.3) is 0 Å². The average Bonchev–Trinajstić information content (AvgIpc) is 1.77. The number of quaternary nitrogens is 2. The highest BCUT2D eigenvalue weighted by molar-refractivity contribution is 7.94. The molecule has 0 heterocycles. The van der Waals surface area contributed by atoms with E-state index in [0.717, 1.165) is 0 Å². The van der Waals surface area contributed by atoms with Gasteiger partial charge in [-0.1, -0.05) is 3.63 Å². The van der Waals surface area contributed by atoms with Gasteiger partial charge in [0.05, 0.1) is 42.3 Å². The molecule has 0 aliphatic heterocycles. The molecule has 0 amide bonds. The smallest absolute Gasteiger partial charge is 0.200 e. The molecule has 0 aliphatic carbocycles. The molecule has 0 aliphatic rings. The summed E-state index contributed by atoms with van der Waals surface area (Å²) in [5, 5.41) is 0. The van der Waals surface area contributed by atoms with E-state index < -0.39 is 28.4 Å². The van der Waals surface area contributed by atoms with Gasteiger partial charge in [0, 0.05) is 0 Å². The summed E-state index contributed by atoms with van der Waals surface area (Å²) >= 11 is 0. The minimum absolute atomic E-state index is 0.619. The van der Waals surface area contributed by atoms with Gasteiger partial charge in [0.2, 0.25) is 0 Å². The third kappa shape index (κ3) is 3.38. The molecule has 0 radical (unpaired) electrons. The van der Waals surface area contributed by atoms with Gasteiger partial charge in [0.1, 0.15) is 0 Å². The van der Waals surface area contributed by atoms with Gasteiger partial charge in [-0.05, 0) is 0 Å². The van der Waals surface area contributed by atoms with Gasteiger partial charge in [-0.3, -0.25) is 0 Å². The summed E-state index contributed by atoms with van der Waals surface area (Å²) in [7, 11) is -0.573. The van der Waals surface area contributed by atoms with E-state index in [1.54, 1.807) is 0 Å². The van der Waals surface area contributed by atoms with E-state index in [2.05, 4.69) is 3.63 Å². The standard InChI is InChI=1S/C6H18N2O5S2/c1-7(2,3)14(9,10)13-15(11,12)8(4,5)6/h1-6H3/q+2.